The van der Waals surface area contributed by atoms with Crippen LogP contribution in [0.15, 0.2) is 0 Å². The zero-order valence-electron chi connectivity index (χ0n) is 6.13. The van der Waals surface area contributed by atoms with Crippen molar-refractivity contribution in [2.75, 3.05) is 6.61 Å². The Bertz CT molecular complexity index is 311. The fourth-order valence-electron chi connectivity index (χ4n) is 0.310. The van der Waals surface area contributed by atoms with Gasteiger partial charge in [0.15, 0.2) is 0 Å². The second kappa shape index (κ2) is 4.14. The number of hydrogen-bond acceptors (Lipinski definition) is 6. The lowest BCUT2D eigenvalue weighted by Crippen LogP contribution is -2.15. The Balaban J connectivity index is 4.26. The lowest BCUT2D eigenvalue weighted by molar-refractivity contribution is 0.265. The first-order valence-electron chi connectivity index (χ1n) is 2.85. The van der Waals surface area contributed by atoms with Gasteiger partial charge >= 0.3 is 20.8 Å². The lowest BCUT2D eigenvalue weighted by atomic mass is 10.5. The van der Waals surface area contributed by atoms with Crippen LogP contribution in [0.1, 0.15) is 13.3 Å². The molecule has 74 valence electrons. The first-order valence-corrected chi connectivity index (χ1v) is 5.54. The zero-order valence-corrected chi connectivity index (χ0v) is 7.76. The van der Waals surface area contributed by atoms with E-state index in [1.54, 1.807) is 6.92 Å². The highest BCUT2D eigenvalue weighted by atomic mass is 32.3. The third-order valence-corrected chi connectivity index (χ3v) is 2.41. The number of rotatable bonds is 5. The minimum atomic E-state index is -5.03. The zero-order chi connectivity index (χ0) is 9.83. The minimum Gasteiger partial charge on any atom is -0.263 e. The van der Waals surface area contributed by atoms with Crippen LogP contribution in [0.4, 0.5) is 0 Å². The van der Waals surface area contributed by atoms with E-state index in [1.165, 1.54) is 0 Å². The summed E-state index contributed by atoms with van der Waals surface area (Å²) in [5.74, 6) is 0. The highest BCUT2D eigenvalue weighted by Gasteiger charge is 2.20. The Kier molecular flexibility index (Phi) is 4.06. The summed E-state index contributed by atoms with van der Waals surface area (Å²) in [6, 6.07) is 0. The molecule has 0 saturated heterocycles. The van der Waals surface area contributed by atoms with Crippen LogP contribution in [0.25, 0.3) is 0 Å². The molecule has 0 bridgehead atoms. The Hall–Kier alpha value is -0.220. The molecule has 0 rings (SSSR count). The van der Waals surface area contributed by atoms with Crippen molar-refractivity contribution in [3.05, 3.63) is 0 Å². The van der Waals surface area contributed by atoms with Crippen molar-refractivity contribution >= 4 is 20.8 Å². The molecule has 0 aliphatic rings. The van der Waals surface area contributed by atoms with Crippen LogP contribution in [-0.4, -0.2) is 28.0 Å². The van der Waals surface area contributed by atoms with Gasteiger partial charge in [0, 0.05) is 0 Å². The predicted octanol–water partition coefficient (Wildman–Crippen LogP) is -0.523. The largest absolute Gasteiger partial charge is 0.416 e. The van der Waals surface area contributed by atoms with Crippen LogP contribution < -0.4 is 0 Å². The van der Waals surface area contributed by atoms with Gasteiger partial charge in [-0.25, -0.2) is 4.18 Å². The van der Waals surface area contributed by atoms with E-state index in [9.17, 15) is 16.8 Å². The summed E-state index contributed by atoms with van der Waals surface area (Å²) in [7, 11) is -9.66. The van der Waals surface area contributed by atoms with E-state index in [0.717, 1.165) is 0 Å². The normalized spacial score (nSPS) is 13.2. The Morgan fingerprint density at radius 3 is 2.08 bits per heavy atom. The average molecular weight is 220 g/mol. The minimum absolute atomic E-state index is 0.210. The fourth-order valence-corrected chi connectivity index (χ4v) is 1.68. The maximum atomic E-state index is 10.4. The Labute approximate surface area is 70.6 Å². The summed E-state index contributed by atoms with van der Waals surface area (Å²) in [5, 5.41) is 0. The molecule has 0 heterocycles. The third kappa shape index (κ3) is 6.49. The molecule has 7 nitrogen and oxygen atoms in total. The van der Waals surface area contributed by atoms with Crippen LogP contribution in [-0.2, 0) is 28.6 Å². The molecule has 0 fully saturated rings. The highest BCUT2D eigenvalue weighted by Crippen LogP contribution is 2.00. The van der Waals surface area contributed by atoms with Gasteiger partial charge in [0.25, 0.3) is 0 Å². The summed E-state index contributed by atoms with van der Waals surface area (Å²) in [5.41, 5.74) is 0. The summed E-state index contributed by atoms with van der Waals surface area (Å²) >= 11 is 0. The molecule has 0 aromatic heterocycles. The Morgan fingerprint density at radius 1 is 1.25 bits per heavy atom. The van der Waals surface area contributed by atoms with E-state index in [4.69, 9.17) is 4.55 Å². The lowest BCUT2D eigenvalue weighted by Gasteiger charge is -2.00. The quantitative estimate of drug-likeness (QED) is 0.621. The summed E-state index contributed by atoms with van der Waals surface area (Å²) in [4.78, 5) is 0. The predicted molar refractivity (Wildman–Crippen MR) is 37.8 cm³/mol. The van der Waals surface area contributed by atoms with Gasteiger partial charge in [0.05, 0.1) is 6.61 Å². The molecule has 0 spiro atoms. The van der Waals surface area contributed by atoms with Crippen LogP contribution in [0.5, 0.6) is 0 Å². The first kappa shape index (κ1) is 11.8. The van der Waals surface area contributed by atoms with E-state index in [0.29, 0.717) is 6.42 Å². The molecule has 0 unspecified atom stereocenters. The van der Waals surface area contributed by atoms with Crippen LogP contribution in [0.2, 0.25) is 0 Å². The van der Waals surface area contributed by atoms with Gasteiger partial charge < -0.3 is 0 Å². The van der Waals surface area contributed by atoms with Crippen molar-refractivity contribution in [2.24, 2.45) is 0 Å². The summed E-state index contributed by atoms with van der Waals surface area (Å²) < 4.78 is 55.7. The standard InChI is InChI=1S/C3H8O7S2/c1-2-3-9-12(7,8)10-11(4,5)6/h2-3H2,1H3,(H,4,5,6). The van der Waals surface area contributed by atoms with Gasteiger partial charge in [0.2, 0.25) is 0 Å². The van der Waals surface area contributed by atoms with Crippen LogP contribution >= 0.6 is 0 Å². The van der Waals surface area contributed by atoms with Gasteiger partial charge in [-0.05, 0) is 6.42 Å². The molecule has 0 amide bonds. The maximum Gasteiger partial charge on any atom is 0.416 e. The van der Waals surface area contributed by atoms with Crippen molar-refractivity contribution in [3.8, 4) is 0 Å². The van der Waals surface area contributed by atoms with Gasteiger partial charge in [-0.15, -0.1) is 3.63 Å². The van der Waals surface area contributed by atoms with Crippen molar-refractivity contribution in [1.29, 1.82) is 0 Å². The van der Waals surface area contributed by atoms with Gasteiger partial charge in [0.1, 0.15) is 0 Å². The van der Waals surface area contributed by atoms with E-state index >= 15 is 0 Å². The third-order valence-electron chi connectivity index (χ3n) is 0.601. The monoisotopic (exact) mass is 220 g/mol. The molecule has 0 aromatic rings. The van der Waals surface area contributed by atoms with E-state index in [2.05, 4.69) is 7.81 Å². The van der Waals surface area contributed by atoms with Crippen molar-refractivity contribution in [1.82, 2.24) is 0 Å². The molecule has 9 heteroatoms. The molecule has 12 heavy (non-hydrogen) atoms. The molecule has 0 aliphatic carbocycles. The fraction of sp³-hybridized carbons (Fsp3) is 1.00. The first-order chi connectivity index (χ1) is 5.27. The summed E-state index contributed by atoms with van der Waals surface area (Å²) in [6.45, 7) is 1.40. The average Bonchev–Trinajstić information content (AvgIpc) is 1.78. The van der Waals surface area contributed by atoms with Crippen molar-refractivity contribution in [3.63, 3.8) is 0 Å². The van der Waals surface area contributed by atoms with Gasteiger partial charge in [-0.3, -0.25) is 4.55 Å². The van der Waals surface area contributed by atoms with E-state index in [1.807, 2.05) is 0 Å². The van der Waals surface area contributed by atoms with Crippen LogP contribution in [0.3, 0.4) is 0 Å². The molecular formula is C3H8O7S2. The second-order valence-corrected chi connectivity index (χ2v) is 4.18. The molecule has 0 radical (unpaired) electrons. The summed E-state index contributed by atoms with van der Waals surface area (Å²) in [6.07, 6.45) is 0.369. The molecule has 1 N–H and O–H groups in total. The van der Waals surface area contributed by atoms with Gasteiger partial charge in [-0.1, -0.05) is 6.92 Å². The van der Waals surface area contributed by atoms with Crippen molar-refractivity contribution < 1.29 is 29.2 Å². The number of hydrogen-bond donors (Lipinski definition) is 1. The highest BCUT2D eigenvalue weighted by molar-refractivity contribution is 7.94. The van der Waals surface area contributed by atoms with E-state index < -0.39 is 20.8 Å². The molecule has 0 saturated carbocycles. The molecule has 0 atom stereocenters. The van der Waals surface area contributed by atoms with E-state index in [-0.39, 0.29) is 6.61 Å². The smallest absolute Gasteiger partial charge is 0.263 e. The maximum absolute atomic E-state index is 10.4. The molecular weight excluding hydrogens is 212 g/mol. The van der Waals surface area contributed by atoms with Crippen molar-refractivity contribution in [2.45, 2.75) is 13.3 Å². The van der Waals surface area contributed by atoms with Crippen LogP contribution in [0, 0.1) is 0 Å². The molecule has 0 aliphatic heterocycles. The Morgan fingerprint density at radius 2 is 1.75 bits per heavy atom. The van der Waals surface area contributed by atoms with Gasteiger partial charge in [-0.2, -0.15) is 16.8 Å². The molecule has 0 aromatic carbocycles. The SMILES string of the molecule is CCCOS(=O)(=O)OS(=O)(=O)O. The second-order valence-electron chi connectivity index (χ2n) is 1.73. The topological polar surface area (TPSA) is 107 Å².